The number of imide groups is 1. The lowest BCUT2D eigenvalue weighted by atomic mass is 10.1. The number of aliphatic hydroxyl groups is 1. The van der Waals surface area contributed by atoms with E-state index >= 15 is 0 Å². The predicted molar refractivity (Wildman–Crippen MR) is 96.6 cm³/mol. The van der Waals surface area contributed by atoms with Crippen molar-refractivity contribution in [2.75, 3.05) is 17.3 Å². The average molecular weight is 339 g/mol. The number of hydrogen-bond donors (Lipinski definition) is 1. The largest absolute Gasteiger partial charge is 0.396 e. The molecule has 1 N–H and O–H groups in total. The summed E-state index contributed by atoms with van der Waals surface area (Å²) >= 11 is 1.22. The highest BCUT2D eigenvalue weighted by Crippen LogP contribution is 2.38. The van der Waals surface area contributed by atoms with Crippen LogP contribution in [-0.2, 0) is 9.59 Å². The second kappa shape index (κ2) is 7.03. The summed E-state index contributed by atoms with van der Waals surface area (Å²) < 4.78 is 0. The van der Waals surface area contributed by atoms with Gasteiger partial charge < -0.3 is 5.11 Å². The molecule has 0 aromatic heterocycles. The number of rotatable bonds is 5. The van der Waals surface area contributed by atoms with Crippen LogP contribution in [0.3, 0.4) is 0 Å². The van der Waals surface area contributed by atoms with Crippen molar-refractivity contribution < 1.29 is 14.7 Å². The molecule has 3 rings (SSSR count). The Balaban J connectivity index is 2.05. The molecule has 0 saturated heterocycles. The lowest BCUT2D eigenvalue weighted by molar-refractivity contribution is -0.119. The molecule has 0 atom stereocenters. The molecule has 2 amide bonds. The first kappa shape index (κ1) is 16.5. The highest BCUT2D eigenvalue weighted by Gasteiger charge is 2.39. The zero-order valence-electron chi connectivity index (χ0n) is 13.2. The van der Waals surface area contributed by atoms with Gasteiger partial charge in [0.25, 0.3) is 11.8 Å². The third-order valence-electron chi connectivity index (χ3n) is 3.73. The Morgan fingerprint density at radius 1 is 0.958 bits per heavy atom. The summed E-state index contributed by atoms with van der Waals surface area (Å²) in [6.07, 6.45) is 0. The molecule has 1 heterocycles. The highest BCUT2D eigenvalue weighted by atomic mass is 32.2. The monoisotopic (exact) mass is 339 g/mol. The zero-order valence-corrected chi connectivity index (χ0v) is 14.0. The summed E-state index contributed by atoms with van der Waals surface area (Å²) in [5, 5.41) is 9.10. The molecule has 0 spiro atoms. The minimum Gasteiger partial charge on any atom is -0.396 e. The highest BCUT2D eigenvalue weighted by molar-refractivity contribution is 8.04. The van der Waals surface area contributed by atoms with Gasteiger partial charge in [0.05, 0.1) is 22.8 Å². The van der Waals surface area contributed by atoms with E-state index in [9.17, 15) is 9.59 Å². The van der Waals surface area contributed by atoms with Crippen LogP contribution in [0.25, 0.3) is 5.57 Å². The topological polar surface area (TPSA) is 57.6 Å². The van der Waals surface area contributed by atoms with Crippen molar-refractivity contribution in [3.05, 3.63) is 70.6 Å². The van der Waals surface area contributed by atoms with Gasteiger partial charge in [-0.3, -0.25) is 9.59 Å². The first-order valence-corrected chi connectivity index (χ1v) is 8.61. The van der Waals surface area contributed by atoms with Crippen LogP contribution in [0, 0.1) is 6.92 Å². The van der Waals surface area contributed by atoms with Crippen molar-refractivity contribution in [2.24, 2.45) is 0 Å². The zero-order chi connectivity index (χ0) is 17.1. The van der Waals surface area contributed by atoms with Gasteiger partial charge in [0.1, 0.15) is 0 Å². The van der Waals surface area contributed by atoms with Crippen LogP contribution in [-0.4, -0.2) is 29.3 Å². The molecule has 0 aliphatic carbocycles. The first-order chi connectivity index (χ1) is 11.6. The Bertz CT molecular complexity index is 797. The third kappa shape index (κ3) is 3.00. The van der Waals surface area contributed by atoms with E-state index in [1.165, 1.54) is 16.7 Å². The summed E-state index contributed by atoms with van der Waals surface area (Å²) in [5.41, 5.74) is 2.73. The molecule has 122 valence electrons. The maximum absolute atomic E-state index is 12.9. The molecule has 0 bridgehead atoms. The maximum atomic E-state index is 12.9. The number of carbonyl (C=O) groups is 2. The van der Waals surface area contributed by atoms with Gasteiger partial charge in [-0.1, -0.05) is 48.0 Å². The second-order valence-electron chi connectivity index (χ2n) is 5.42. The lowest BCUT2D eigenvalue weighted by Crippen LogP contribution is -2.31. The van der Waals surface area contributed by atoms with E-state index < -0.39 is 0 Å². The smallest absolute Gasteiger partial charge is 0.272 e. The van der Waals surface area contributed by atoms with Crippen LogP contribution < -0.4 is 4.90 Å². The molecule has 0 saturated carbocycles. The number of aryl methyl sites for hydroxylation is 1. The predicted octanol–water partition coefficient (Wildman–Crippen LogP) is 3.01. The van der Waals surface area contributed by atoms with E-state index in [0.717, 1.165) is 5.56 Å². The number of benzene rings is 2. The summed E-state index contributed by atoms with van der Waals surface area (Å²) in [5.74, 6) is -0.288. The van der Waals surface area contributed by atoms with Crippen LogP contribution >= 0.6 is 11.8 Å². The SMILES string of the molecule is Cc1ccc(N2C(=O)C(SCCO)=C(c3ccccc3)C2=O)cc1. The molecule has 4 nitrogen and oxygen atoms in total. The number of thioether (sulfide) groups is 1. The third-order valence-corrected chi connectivity index (χ3v) is 4.79. The van der Waals surface area contributed by atoms with E-state index in [2.05, 4.69) is 0 Å². The molecule has 0 fully saturated rings. The van der Waals surface area contributed by atoms with Crippen LogP contribution in [0.1, 0.15) is 11.1 Å². The number of hydrogen-bond acceptors (Lipinski definition) is 4. The van der Waals surface area contributed by atoms with Crippen LogP contribution in [0.2, 0.25) is 0 Å². The molecule has 5 heteroatoms. The average Bonchev–Trinajstić information content (AvgIpc) is 2.85. The van der Waals surface area contributed by atoms with E-state index in [0.29, 0.717) is 27.5 Å². The minimum atomic E-state index is -0.332. The summed E-state index contributed by atoms with van der Waals surface area (Å²) in [6.45, 7) is 1.90. The second-order valence-corrected chi connectivity index (χ2v) is 6.53. The Morgan fingerprint density at radius 3 is 2.25 bits per heavy atom. The van der Waals surface area contributed by atoms with Gasteiger partial charge in [0.15, 0.2) is 0 Å². The van der Waals surface area contributed by atoms with E-state index in [-0.39, 0.29) is 18.4 Å². The lowest BCUT2D eigenvalue weighted by Gasteiger charge is -2.15. The first-order valence-electron chi connectivity index (χ1n) is 7.62. The van der Waals surface area contributed by atoms with Crippen molar-refractivity contribution in [1.29, 1.82) is 0 Å². The van der Waals surface area contributed by atoms with Crippen molar-refractivity contribution in [3.63, 3.8) is 0 Å². The normalized spacial score (nSPS) is 14.7. The number of amides is 2. The maximum Gasteiger partial charge on any atom is 0.272 e. The van der Waals surface area contributed by atoms with Gasteiger partial charge in [-0.15, -0.1) is 11.8 Å². The number of nitrogens with zero attached hydrogens (tertiary/aromatic N) is 1. The fourth-order valence-electron chi connectivity index (χ4n) is 2.58. The molecule has 0 unspecified atom stereocenters. The summed E-state index contributed by atoms with van der Waals surface area (Å²) in [7, 11) is 0. The fraction of sp³-hybridized carbons (Fsp3) is 0.158. The van der Waals surface area contributed by atoms with Gasteiger partial charge in [-0.05, 0) is 24.6 Å². The molecular formula is C19H17NO3S. The van der Waals surface area contributed by atoms with Gasteiger partial charge in [-0.2, -0.15) is 0 Å². The number of carbonyl (C=O) groups excluding carboxylic acids is 2. The summed E-state index contributed by atoms with van der Waals surface area (Å²) in [6, 6.07) is 16.5. The van der Waals surface area contributed by atoms with E-state index in [1.54, 1.807) is 12.1 Å². The summed E-state index contributed by atoms with van der Waals surface area (Å²) in [4.78, 5) is 27.4. The molecule has 1 aliphatic heterocycles. The molecular weight excluding hydrogens is 322 g/mol. The standard InChI is InChI=1S/C19H17NO3S/c1-13-7-9-15(10-8-13)20-18(22)16(14-5-3-2-4-6-14)17(19(20)23)24-12-11-21/h2-10,21H,11-12H2,1H3. The van der Waals surface area contributed by atoms with Crippen LogP contribution in [0.5, 0.6) is 0 Å². The van der Waals surface area contributed by atoms with Gasteiger partial charge >= 0.3 is 0 Å². The minimum absolute atomic E-state index is 0.0533. The van der Waals surface area contributed by atoms with Gasteiger partial charge in [-0.25, -0.2) is 4.90 Å². The van der Waals surface area contributed by atoms with Crippen molar-refractivity contribution in [3.8, 4) is 0 Å². The molecule has 1 aliphatic rings. The van der Waals surface area contributed by atoms with Crippen LogP contribution in [0.15, 0.2) is 59.5 Å². The Morgan fingerprint density at radius 2 is 1.62 bits per heavy atom. The molecule has 24 heavy (non-hydrogen) atoms. The van der Waals surface area contributed by atoms with Crippen LogP contribution in [0.4, 0.5) is 5.69 Å². The molecule has 0 radical (unpaired) electrons. The van der Waals surface area contributed by atoms with Gasteiger partial charge in [0, 0.05) is 5.75 Å². The number of anilines is 1. The molecule has 2 aromatic carbocycles. The number of aliphatic hydroxyl groups excluding tert-OH is 1. The van der Waals surface area contributed by atoms with E-state index in [1.807, 2.05) is 49.4 Å². The van der Waals surface area contributed by atoms with Crippen molar-refractivity contribution in [1.82, 2.24) is 0 Å². The Kier molecular flexibility index (Phi) is 4.83. The fourth-order valence-corrected chi connectivity index (χ4v) is 3.44. The van der Waals surface area contributed by atoms with E-state index in [4.69, 9.17) is 5.11 Å². The Hall–Kier alpha value is -2.37. The van der Waals surface area contributed by atoms with Crippen molar-refractivity contribution >= 4 is 34.8 Å². The Labute approximate surface area is 144 Å². The molecule has 2 aromatic rings. The quantitative estimate of drug-likeness (QED) is 0.851. The van der Waals surface area contributed by atoms with Crippen molar-refractivity contribution in [2.45, 2.75) is 6.92 Å². The van der Waals surface area contributed by atoms with Gasteiger partial charge in [0.2, 0.25) is 0 Å².